The number of halogens is 2. The fraction of sp³-hybridized carbons (Fsp3) is 0.0833. The van der Waals surface area contributed by atoms with Crippen molar-refractivity contribution in [3.05, 3.63) is 34.7 Å². The first-order valence-electron chi connectivity index (χ1n) is 5.61. The Kier molecular flexibility index (Phi) is 3.11. The van der Waals surface area contributed by atoms with E-state index < -0.39 is 0 Å². The molecule has 0 amide bonds. The number of anilines is 1. The molecule has 20 heavy (non-hydrogen) atoms. The smallest absolute Gasteiger partial charge is 0.260 e. The van der Waals surface area contributed by atoms with Crippen molar-refractivity contribution in [2.24, 2.45) is 7.05 Å². The van der Waals surface area contributed by atoms with Gasteiger partial charge < -0.3 is 14.8 Å². The number of benzene rings is 1. The van der Waals surface area contributed by atoms with Gasteiger partial charge in [0.15, 0.2) is 0 Å². The molecular weight excluding hydrogens is 301 g/mol. The second-order valence-electron chi connectivity index (χ2n) is 4.16. The molecule has 2 N–H and O–H groups in total. The van der Waals surface area contributed by atoms with E-state index in [9.17, 15) is 0 Å². The average molecular weight is 310 g/mol. The van der Waals surface area contributed by atoms with Crippen molar-refractivity contribution in [1.82, 2.24) is 19.7 Å². The molecule has 3 rings (SSSR count). The normalized spacial score (nSPS) is 10.9. The quantitative estimate of drug-likeness (QED) is 0.736. The number of hydrogen-bond donors (Lipinski definition) is 1. The summed E-state index contributed by atoms with van der Waals surface area (Å²) >= 11 is 11.9. The zero-order valence-corrected chi connectivity index (χ0v) is 11.9. The zero-order valence-electron chi connectivity index (χ0n) is 10.3. The maximum Gasteiger partial charge on any atom is 0.260 e. The van der Waals surface area contributed by atoms with Crippen molar-refractivity contribution in [3.8, 4) is 23.0 Å². The van der Waals surface area contributed by atoms with Gasteiger partial charge in [-0.1, -0.05) is 28.4 Å². The van der Waals surface area contributed by atoms with Crippen molar-refractivity contribution in [2.45, 2.75) is 0 Å². The summed E-state index contributed by atoms with van der Waals surface area (Å²) in [6, 6.07) is 3.18. The van der Waals surface area contributed by atoms with E-state index in [0.717, 1.165) is 5.69 Å². The number of nitrogen functional groups attached to an aromatic ring is 1. The van der Waals surface area contributed by atoms with Crippen molar-refractivity contribution in [2.75, 3.05) is 5.73 Å². The van der Waals surface area contributed by atoms with Crippen LogP contribution in [0.15, 0.2) is 29.2 Å². The van der Waals surface area contributed by atoms with E-state index in [4.69, 9.17) is 33.5 Å². The number of aryl methyl sites for hydroxylation is 1. The van der Waals surface area contributed by atoms with Crippen LogP contribution in [0.2, 0.25) is 10.0 Å². The molecule has 1 aromatic carbocycles. The lowest BCUT2D eigenvalue weighted by molar-refractivity contribution is 0.432. The molecule has 0 spiro atoms. The Morgan fingerprint density at radius 3 is 2.80 bits per heavy atom. The molecule has 0 aliphatic carbocycles. The summed E-state index contributed by atoms with van der Waals surface area (Å²) in [6.07, 6.45) is 3.29. The van der Waals surface area contributed by atoms with E-state index in [-0.39, 0.29) is 5.89 Å². The van der Waals surface area contributed by atoms with Gasteiger partial charge in [-0.25, -0.2) is 4.98 Å². The molecule has 0 saturated carbocycles. The van der Waals surface area contributed by atoms with Crippen LogP contribution in [0.1, 0.15) is 0 Å². The van der Waals surface area contributed by atoms with E-state index in [1.807, 2.05) is 7.05 Å². The Hall–Kier alpha value is -2.05. The Labute approximate surface area is 124 Å². The Bertz CT molecular complexity index is 780. The molecule has 0 radical (unpaired) electrons. The van der Waals surface area contributed by atoms with Gasteiger partial charge in [-0.15, -0.1) is 0 Å². The molecule has 6 nitrogen and oxygen atoms in total. The lowest BCUT2D eigenvalue weighted by atomic mass is 10.2. The molecule has 8 heteroatoms. The van der Waals surface area contributed by atoms with Crippen LogP contribution in [-0.4, -0.2) is 19.7 Å². The number of nitrogens with two attached hydrogens (primary N) is 1. The van der Waals surface area contributed by atoms with Gasteiger partial charge >= 0.3 is 0 Å². The summed E-state index contributed by atoms with van der Waals surface area (Å²) in [6.45, 7) is 0. The lowest BCUT2D eigenvalue weighted by Gasteiger charge is -2.03. The van der Waals surface area contributed by atoms with Crippen LogP contribution in [0.5, 0.6) is 0 Å². The van der Waals surface area contributed by atoms with Gasteiger partial charge in [0.1, 0.15) is 5.69 Å². The van der Waals surface area contributed by atoms with Gasteiger partial charge in [0.2, 0.25) is 5.82 Å². The molecule has 0 bridgehead atoms. The maximum atomic E-state index is 5.99. The maximum absolute atomic E-state index is 5.99. The molecule has 0 atom stereocenters. The minimum absolute atomic E-state index is 0.253. The van der Waals surface area contributed by atoms with Crippen molar-refractivity contribution < 1.29 is 4.52 Å². The summed E-state index contributed by atoms with van der Waals surface area (Å²) in [5.41, 5.74) is 7.48. The van der Waals surface area contributed by atoms with Crippen LogP contribution in [0.25, 0.3) is 23.0 Å². The summed E-state index contributed by atoms with van der Waals surface area (Å²) in [4.78, 5) is 8.29. The second-order valence-corrected chi connectivity index (χ2v) is 5.01. The van der Waals surface area contributed by atoms with Crippen molar-refractivity contribution in [3.63, 3.8) is 0 Å². The predicted molar refractivity (Wildman–Crippen MR) is 76.4 cm³/mol. The SMILES string of the molecule is Cn1cncc1-c1noc(-c2cc(Cl)cc(Cl)c2N)n1. The average Bonchev–Trinajstić information content (AvgIpc) is 3.02. The van der Waals surface area contributed by atoms with Crippen LogP contribution in [-0.2, 0) is 7.05 Å². The van der Waals surface area contributed by atoms with E-state index in [1.54, 1.807) is 29.2 Å². The third-order valence-electron chi connectivity index (χ3n) is 2.80. The highest BCUT2D eigenvalue weighted by Gasteiger charge is 2.17. The summed E-state index contributed by atoms with van der Waals surface area (Å²) in [5.74, 6) is 0.665. The lowest BCUT2D eigenvalue weighted by Crippen LogP contribution is -1.93. The highest BCUT2D eigenvalue weighted by molar-refractivity contribution is 6.37. The third kappa shape index (κ3) is 2.13. The van der Waals surface area contributed by atoms with Crippen LogP contribution in [0.4, 0.5) is 5.69 Å². The second kappa shape index (κ2) is 4.81. The zero-order chi connectivity index (χ0) is 14.3. The van der Waals surface area contributed by atoms with Gasteiger partial charge in [0, 0.05) is 12.1 Å². The van der Waals surface area contributed by atoms with E-state index in [1.165, 1.54) is 0 Å². The molecule has 0 unspecified atom stereocenters. The van der Waals surface area contributed by atoms with Gasteiger partial charge in [-0.3, -0.25) is 0 Å². The highest BCUT2D eigenvalue weighted by Crippen LogP contribution is 2.34. The first-order valence-corrected chi connectivity index (χ1v) is 6.37. The number of nitrogens with zero attached hydrogens (tertiary/aromatic N) is 4. The monoisotopic (exact) mass is 309 g/mol. The van der Waals surface area contributed by atoms with Crippen LogP contribution in [0, 0.1) is 0 Å². The Morgan fingerprint density at radius 1 is 1.30 bits per heavy atom. The minimum Gasteiger partial charge on any atom is -0.397 e. The van der Waals surface area contributed by atoms with E-state index in [2.05, 4.69) is 15.1 Å². The summed E-state index contributed by atoms with van der Waals surface area (Å²) in [7, 11) is 1.84. The van der Waals surface area contributed by atoms with Gasteiger partial charge in [0.05, 0.1) is 28.8 Å². The number of hydrogen-bond acceptors (Lipinski definition) is 5. The molecule has 3 aromatic rings. The Morgan fingerprint density at radius 2 is 2.10 bits per heavy atom. The number of imidazole rings is 1. The molecule has 2 aromatic heterocycles. The molecule has 0 fully saturated rings. The number of aromatic nitrogens is 4. The van der Waals surface area contributed by atoms with E-state index in [0.29, 0.717) is 27.1 Å². The molecule has 0 aliphatic heterocycles. The van der Waals surface area contributed by atoms with Crippen LogP contribution < -0.4 is 5.73 Å². The van der Waals surface area contributed by atoms with E-state index >= 15 is 0 Å². The van der Waals surface area contributed by atoms with Crippen molar-refractivity contribution >= 4 is 28.9 Å². The molecule has 2 heterocycles. The molecule has 0 saturated heterocycles. The van der Waals surface area contributed by atoms with Crippen LogP contribution in [0.3, 0.4) is 0 Å². The van der Waals surface area contributed by atoms with Gasteiger partial charge in [0.25, 0.3) is 5.89 Å². The summed E-state index contributed by atoms with van der Waals surface area (Å²) < 4.78 is 7.00. The van der Waals surface area contributed by atoms with Crippen LogP contribution >= 0.6 is 23.2 Å². The fourth-order valence-corrected chi connectivity index (χ4v) is 2.26. The standard InChI is InChI=1S/C12H9Cl2N5O/c1-19-5-16-4-9(19)11-17-12(20-18-11)7-2-6(13)3-8(14)10(7)15/h2-5H,15H2,1H3. The predicted octanol–water partition coefficient (Wildman–Crippen LogP) is 3.03. The molecule has 102 valence electrons. The molecular formula is C12H9Cl2N5O. The minimum atomic E-state index is 0.253. The topological polar surface area (TPSA) is 82.8 Å². The van der Waals surface area contributed by atoms with Gasteiger partial charge in [-0.05, 0) is 12.1 Å². The highest BCUT2D eigenvalue weighted by atomic mass is 35.5. The third-order valence-corrected chi connectivity index (χ3v) is 3.33. The first-order chi connectivity index (χ1) is 9.56. The summed E-state index contributed by atoms with van der Waals surface area (Å²) in [5, 5.41) is 4.69. The van der Waals surface area contributed by atoms with Crippen molar-refractivity contribution in [1.29, 1.82) is 0 Å². The Balaban J connectivity index is 2.09. The first kappa shape index (κ1) is 13.0. The molecule has 0 aliphatic rings. The van der Waals surface area contributed by atoms with Gasteiger partial charge in [-0.2, -0.15) is 4.98 Å². The number of rotatable bonds is 2. The largest absolute Gasteiger partial charge is 0.397 e. The fourth-order valence-electron chi connectivity index (χ4n) is 1.77.